The number of hydrogen-bond donors (Lipinski definition) is 0. The second-order valence-corrected chi connectivity index (χ2v) is 5.42. The number of aromatic nitrogens is 2. The van der Waals surface area contributed by atoms with Gasteiger partial charge in [-0.2, -0.15) is 5.10 Å². The molecule has 1 heterocycles. The fraction of sp³-hybridized carbons (Fsp3) is 0.733. The zero-order chi connectivity index (χ0) is 14.6. The molecule has 1 unspecified atom stereocenters. The highest BCUT2D eigenvalue weighted by Gasteiger charge is 2.33. The minimum absolute atomic E-state index is 0.261. The summed E-state index contributed by atoms with van der Waals surface area (Å²) < 4.78 is 1.95. The van der Waals surface area contributed by atoms with E-state index in [-0.39, 0.29) is 5.78 Å². The summed E-state index contributed by atoms with van der Waals surface area (Å²) in [4.78, 5) is 14.6. The molecule has 0 fully saturated rings. The van der Waals surface area contributed by atoms with Crippen LogP contribution < -0.4 is 0 Å². The molecular weight excluding hydrogens is 238 g/mol. The molecule has 0 aliphatic heterocycles. The van der Waals surface area contributed by atoms with E-state index in [2.05, 4.69) is 31.9 Å². The highest BCUT2D eigenvalue weighted by molar-refractivity contribution is 5.89. The lowest BCUT2D eigenvalue weighted by Crippen LogP contribution is -2.48. The van der Waals surface area contributed by atoms with E-state index in [1.807, 2.05) is 30.6 Å². The van der Waals surface area contributed by atoms with Crippen molar-refractivity contribution in [3.8, 4) is 0 Å². The normalized spacial score (nSPS) is 14.7. The van der Waals surface area contributed by atoms with Crippen molar-refractivity contribution in [1.82, 2.24) is 14.7 Å². The predicted molar refractivity (Wildman–Crippen MR) is 78.4 cm³/mol. The maximum Gasteiger partial charge on any atom is 0.158 e. The fourth-order valence-corrected chi connectivity index (χ4v) is 2.22. The van der Waals surface area contributed by atoms with Gasteiger partial charge < -0.3 is 0 Å². The van der Waals surface area contributed by atoms with Crippen molar-refractivity contribution in [3.05, 3.63) is 17.5 Å². The van der Waals surface area contributed by atoms with Crippen molar-refractivity contribution in [2.45, 2.75) is 59.0 Å². The first-order valence-electron chi connectivity index (χ1n) is 7.15. The molecule has 4 heteroatoms. The van der Waals surface area contributed by atoms with Crippen LogP contribution in [0.5, 0.6) is 0 Å². The van der Waals surface area contributed by atoms with Crippen LogP contribution >= 0.6 is 0 Å². The third-order valence-electron chi connectivity index (χ3n) is 4.19. The van der Waals surface area contributed by atoms with Crippen LogP contribution in [-0.2, 0) is 24.2 Å². The van der Waals surface area contributed by atoms with Gasteiger partial charge in [0.05, 0.1) is 17.7 Å². The molecule has 0 aliphatic carbocycles. The molecule has 4 nitrogen and oxygen atoms in total. The number of carbonyl (C=O) groups is 1. The number of likely N-dealkylation sites (N-methyl/N-ethyl adjacent to an activating group) is 1. The Kier molecular flexibility index (Phi) is 5.29. The SMILES string of the molecule is CCc1cc(CC(=O)C(C)(CC)N(C)C)n(CC)n1. The van der Waals surface area contributed by atoms with E-state index < -0.39 is 5.54 Å². The third kappa shape index (κ3) is 3.24. The largest absolute Gasteiger partial charge is 0.297 e. The van der Waals surface area contributed by atoms with Gasteiger partial charge in [0.1, 0.15) is 0 Å². The average Bonchev–Trinajstić information content (AvgIpc) is 2.79. The van der Waals surface area contributed by atoms with Gasteiger partial charge >= 0.3 is 0 Å². The van der Waals surface area contributed by atoms with Crippen LogP contribution in [0.25, 0.3) is 0 Å². The molecular formula is C15H27N3O. The van der Waals surface area contributed by atoms with E-state index in [9.17, 15) is 4.79 Å². The molecule has 0 N–H and O–H groups in total. The lowest BCUT2D eigenvalue weighted by atomic mass is 9.89. The minimum atomic E-state index is -0.394. The molecule has 0 aliphatic rings. The Bertz CT molecular complexity index is 437. The Morgan fingerprint density at radius 3 is 2.42 bits per heavy atom. The maximum atomic E-state index is 12.6. The van der Waals surface area contributed by atoms with Crippen molar-refractivity contribution >= 4 is 5.78 Å². The van der Waals surface area contributed by atoms with Crippen LogP contribution in [0.4, 0.5) is 0 Å². The predicted octanol–water partition coefficient (Wildman–Crippen LogP) is 2.31. The molecule has 0 amide bonds. The number of ketones is 1. The Labute approximate surface area is 116 Å². The summed E-state index contributed by atoms with van der Waals surface area (Å²) in [6.45, 7) is 9.04. The fourth-order valence-electron chi connectivity index (χ4n) is 2.22. The molecule has 0 saturated heterocycles. The molecule has 19 heavy (non-hydrogen) atoms. The summed E-state index contributed by atoms with van der Waals surface area (Å²) in [7, 11) is 3.94. The Hall–Kier alpha value is -1.16. The van der Waals surface area contributed by atoms with Crippen molar-refractivity contribution in [2.24, 2.45) is 0 Å². The van der Waals surface area contributed by atoms with Gasteiger partial charge in [-0.15, -0.1) is 0 Å². The van der Waals surface area contributed by atoms with Crippen LogP contribution in [0, 0.1) is 0 Å². The smallest absolute Gasteiger partial charge is 0.158 e. The molecule has 0 bridgehead atoms. The monoisotopic (exact) mass is 265 g/mol. The summed E-state index contributed by atoms with van der Waals surface area (Å²) in [6.07, 6.45) is 2.19. The number of aryl methyl sites for hydroxylation is 2. The number of nitrogens with zero attached hydrogens (tertiary/aromatic N) is 3. The first-order valence-corrected chi connectivity index (χ1v) is 7.15. The zero-order valence-electron chi connectivity index (χ0n) is 13.2. The molecule has 0 spiro atoms. The topological polar surface area (TPSA) is 38.1 Å². The standard InChI is InChI=1S/C15H27N3O/c1-7-12-10-13(18(9-3)16-12)11-14(19)15(4,8-2)17(5)6/h10H,7-9,11H2,1-6H3. The molecule has 0 saturated carbocycles. The highest BCUT2D eigenvalue weighted by atomic mass is 16.1. The lowest BCUT2D eigenvalue weighted by Gasteiger charge is -2.34. The third-order valence-corrected chi connectivity index (χ3v) is 4.19. The molecule has 0 radical (unpaired) electrons. The second kappa shape index (κ2) is 6.33. The Morgan fingerprint density at radius 1 is 1.37 bits per heavy atom. The van der Waals surface area contributed by atoms with Gasteiger partial charge in [-0.25, -0.2) is 0 Å². The van der Waals surface area contributed by atoms with Crippen LogP contribution in [0.3, 0.4) is 0 Å². The van der Waals surface area contributed by atoms with E-state index in [4.69, 9.17) is 0 Å². The molecule has 1 atom stereocenters. The second-order valence-electron chi connectivity index (χ2n) is 5.42. The van der Waals surface area contributed by atoms with Gasteiger partial charge in [-0.05, 0) is 46.9 Å². The van der Waals surface area contributed by atoms with Gasteiger partial charge in [0, 0.05) is 12.2 Å². The quantitative estimate of drug-likeness (QED) is 0.759. The highest BCUT2D eigenvalue weighted by Crippen LogP contribution is 2.20. The van der Waals surface area contributed by atoms with E-state index in [1.165, 1.54) is 0 Å². The van der Waals surface area contributed by atoms with Crippen molar-refractivity contribution in [3.63, 3.8) is 0 Å². The maximum absolute atomic E-state index is 12.6. The molecule has 108 valence electrons. The summed E-state index contributed by atoms with van der Waals surface area (Å²) in [5, 5.41) is 4.50. The zero-order valence-corrected chi connectivity index (χ0v) is 13.2. The minimum Gasteiger partial charge on any atom is -0.297 e. The number of hydrogen-bond acceptors (Lipinski definition) is 3. The van der Waals surface area contributed by atoms with Crippen molar-refractivity contribution < 1.29 is 4.79 Å². The van der Waals surface area contributed by atoms with E-state index in [1.54, 1.807) is 0 Å². The van der Waals surface area contributed by atoms with Crippen LogP contribution in [0.2, 0.25) is 0 Å². The lowest BCUT2D eigenvalue weighted by molar-refractivity contribution is -0.128. The van der Waals surface area contributed by atoms with Crippen molar-refractivity contribution in [2.75, 3.05) is 14.1 Å². The molecule has 1 aromatic rings. The molecule has 0 aromatic carbocycles. The van der Waals surface area contributed by atoms with E-state index in [0.29, 0.717) is 6.42 Å². The Balaban J connectivity index is 2.95. The van der Waals surface area contributed by atoms with Crippen molar-refractivity contribution in [1.29, 1.82) is 0 Å². The summed E-state index contributed by atoms with van der Waals surface area (Å²) in [6, 6.07) is 2.06. The summed E-state index contributed by atoms with van der Waals surface area (Å²) in [5.41, 5.74) is 1.70. The number of Topliss-reactive ketones (excluding diaryl/α,β-unsaturated/α-hetero) is 1. The number of carbonyl (C=O) groups excluding carboxylic acids is 1. The summed E-state index contributed by atoms with van der Waals surface area (Å²) >= 11 is 0. The van der Waals surface area contributed by atoms with Crippen LogP contribution in [0.1, 0.15) is 45.5 Å². The Morgan fingerprint density at radius 2 is 2.00 bits per heavy atom. The van der Waals surface area contributed by atoms with E-state index in [0.717, 1.165) is 30.8 Å². The first kappa shape index (κ1) is 15.9. The molecule has 1 rings (SSSR count). The van der Waals surface area contributed by atoms with Gasteiger partial charge in [0.25, 0.3) is 0 Å². The van der Waals surface area contributed by atoms with Gasteiger partial charge in [0.2, 0.25) is 0 Å². The van der Waals surface area contributed by atoms with Crippen LogP contribution in [0.15, 0.2) is 6.07 Å². The average molecular weight is 265 g/mol. The molecule has 1 aromatic heterocycles. The van der Waals surface area contributed by atoms with Gasteiger partial charge in [0.15, 0.2) is 5.78 Å². The van der Waals surface area contributed by atoms with Crippen LogP contribution in [-0.4, -0.2) is 40.1 Å². The first-order chi connectivity index (χ1) is 8.88. The van der Waals surface area contributed by atoms with Gasteiger partial charge in [-0.3, -0.25) is 14.4 Å². The van der Waals surface area contributed by atoms with E-state index >= 15 is 0 Å². The van der Waals surface area contributed by atoms with Gasteiger partial charge in [-0.1, -0.05) is 13.8 Å². The summed E-state index contributed by atoms with van der Waals surface area (Å²) in [5.74, 6) is 0.261. The number of rotatable bonds is 7.